The molecule has 146 valence electrons. The predicted molar refractivity (Wildman–Crippen MR) is 112 cm³/mol. The fraction of sp³-hybridized carbons (Fsp3) is 0.211. The van der Waals surface area contributed by atoms with E-state index in [0.717, 1.165) is 5.56 Å². The van der Waals surface area contributed by atoms with Crippen LogP contribution in [0.25, 0.3) is 10.9 Å². The second-order valence-corrected chi connectivity index (χ2v) is 9.90. The predicted octanol–water partition coefficient (Wildman–Crippen LogP) is 4.90. The maximum atomic E-state index is 13.0. The number of carbonyl (C=O) groups is 1. The van der Waals surface area contributed by atoms with Crippen molar-refractivity contribution in [2.24, 2.45) is 0 Å². The van der Waals surface area contributed by atoms with Crippen LogP contribution in [0.2, 0.25) is 10.0 Å². The molecule has 0 fully saturated rings. The highest BCUT2D eigenvalue weighted by molar-refractivity contribution is 7.92. The zero-order valence-corrected chi connectivity index (χ0v) is 17.4. The van der Waals surface area contributed by atoms with Crippen molar-refractivity contribution in [1.29, 1.82) is 0 Å². The second kappa shape index (κ2) is 6.40. The third-order valence-corrected chi connectivity index (χ3v) is 6.86. The van der Waals surface area contributed by atoms with Gasteiger partial charge < -0.3 is 10.3 Å². The molecule has 3 aromatic rings. The minimum absolute atomic E-state index is 0.0848. The molecule has 0 saturated carbocycles. The number of benzene rings is 2. The van der Waals surface area contributed by atoms with Gasteiger partial charge in [-0.15, -0.1) is 0 Å². The molecule has 0 spiro atoms. The molecule has 28 heavy (non-hydrogen) atoms. The molecule has 0 radical (unpaired) electrons. The number of fused-ring (bicyclic) bond motifs is 2. The van der Waals surface area contributed by atoms with Gasteiger partial charge in [-0.3, -0.25) is 9.52 Å². The van der Waals surface area contributed by atoms with Crippen molar-refractivity contribution in [3.8, 4) is 0 Å². The topological polar surface area (TPSA) is 91.1 Å². The highest BCUT2D eigenvalue weighted by Crippen LogP contribution is 2.39. The number of amides is 1. The molecule has 0 atom stereocenters. The number of H-pyrrole nitrogens is 1. The Kier molecular flexibility index (Phi) is 4.37. The molecule has 1 aromatic heterocycles. The molecule has 1 aliphatic rings. The minimum Gasteiger partial charge on any atom is -0.358 e. The normalized spacial score (nSPS) is 15.9. The molecule has 2 aromatic carbocycles. The Balaban J connectivity index is 1.77. The summed E-state index contributed by atoms with van der Waals surface area (Å²) in [5.41, 5.74) is 1.79. The lowest BCUT2D eigenvalue weighted by Gasteiger charge is -2.32. The summed E-state index contributed by atoms with van der Waals surface area (Å²) in [4.78, 5) is 14.9. The third kappa shape index (κ3) is 3.13. The first kappa shape index (κ1) is 19.1. The number of sulfonamides is 1. The summed E-state index contributed by atoms with van der Waals surface area (Å²) in [6.07, 6.45) is 1.84. The average molecular weight is 438 g/mol. The SMILES string of the molecule is CC1(C)CC(=O)Nc2ccc(S(=O)(=O)Nc3ccc(Cl)c4c(Cl)c[nH]c34)cc21. The van der Waals surface area contributed by atoms with Crippen molar-refractivity contribution in [1.82, 2.24) is 4.98 Å². The summed E-state index contributed by atoms with van der Waals surface area (Å²) in [6.45, 7) is 3.83. The fourth-order valence-corrected chi connectivity index (χ4v) is 5.16. The minimum atomic E-state index is -3.87. The zero-order chi connectivity index (χ0) is 20.3. The quantitative estimate of drug-likeness (QED) is 0.544. The van der Waals surface area contributed by atoms with E-state index in [-0.39, 0.29) is 17.2 Å². The van der Waals surface area contributed by atoms with E-state index in [1.54, 1.807) is 30.5 Å². The largest absolute Gasteiger partial charge is 0.358 e. The van der Waals surface area contributed by atoms with Crippen LogP contribution in [-0.2, 0) is 20.2 Å². The Hall–Kier alpha value is -2.22. The summed E-state index contributed by atoms with van der Waals surface area (Å²) in [6, 6.07) is 7.86. The summed E-state index contributed by atoms with van der Waals surface area (Å²) in [5.74, 6) is -0.0848. The Bertz CT molecular complexity index is 1230. The van der Waals surface area contributed by atoms with Crippen LogP contribution in [0.5, 0.6) is 0 Å². The molecule has 0 aliphatic carbocycles. The number of aromatic nitrogens is 1. The van der Waals surface area contributed by atoms with Gasteiger partial charge in [-0.05, 0) is 35.9 Å². The molecule has 0 unspecified atom stereocenters. The van der Waals surface area contributed by atoms with Gasteiger partial charge in [0.1, 0.15) is 0 Å². The molecule has 0 saturated heterocycles. The maximum Gasteiger partial charge on any atom is 0.261 e. The Labute approximate surface area is 172 Å². The lowest BCUT2D eigenvalue weighted by atomic mass is 9.78. The Morgan fingerprint density at radius 3 is 2.61 bits per heavy atom. The van der Waals surface area contributed by atoms with Gasteiger partial charge in [0.2, 0.25) is 5.91 Å². The molecule has 0 bridgehead atoms. The summed E-state index contributed by atoms with van der Waals surface area (Å²) < 4.78 is 28.6. The van der Waals surface area contributed by atoms with Crippen molar-refractivity contribution < 1.29 is 13.2 Å². The highest BCUT2D eigenvalue weighted by atomic mass is 35.5. The standard InChI is InChI=1S/C19H17Cl2N3O3S/c1-19(2)8-16(25)23-14-5-3-10(7-11(14)19)28(26,27)24-15-6-4-12(20)17-13(21)9-22-18(15)17/h3-7,9,22,24H,8H2,1-2H3,(H,23,25). The van der Waals surface area contributed by atoms with E-state index in [9.17, 15) is 13.2 Å². The fourth-order valence-electron chi connectivity index (χ4n) is 3.51. The van der Waals surface area contributed by atoms with Crippen LogP contribution in [0.1, 0.15) is 25.8 Å². The summed E-state index contributed by atoms with van der Waals surface area (Å²) >= 11 is 12.3. The van der Waals surface area contributed by atoms with Crippen LogP contribution in [0.15, 0.2) is 41.4 Å². The number of hydrogen-bond donors (Lipinski definition) is 3. The lowest BCUT2D eigenvalue weighted by Crippen LogP contribution is -2.32. The van der Waals surface area contributed by atoms with Gasteiger partial charge in [0.05, 0.1) is 26.1 Å². The first-order chi connectivity index (χ1) is 13.1. The van der Waals surface area contributed by atoms with Crippen molar-refractivity contribution in [3.05, 3.63) is 52.1 Å². The number of anilines is 2. The number of carbonyl (C=O) groups excluding carboxylic acids is 1. The number of aromatic amines is 1. The van der Waals surface area contributed by atoms with Crippen LogP contribution >= 0.6 is 23.2 Å². The maximum absolute atomic E-state index is 13.0. The second-order valence-electron chi connectivity index (χ2n) is 7.40. The van der Waals surface area contributed by atoms with E-state index < -0.39 is 15.4 Å². The molecule has 2 heterocycles. The lowest BCUT2D eigenvalue weighted by molar-refractivity contribution is -0.117. The third-order valence-electron chi connectivity index (χ3n) is 4.89. The van der Waals surface area contributed by atoms with Crippen molar-refractivity contribution >= 4 is 61.4 Å². The molecular weight excluding hydrogens is 421 g/mol. The van der Waals surface area contributed by atoms with Gasteiger partial charge in [-0.2, -0.15) is 0 Å². The van der Waals surface area contributed by atoms with Gasteiger partial charge in [-0.1, -0.05) is 37.0 Å². The Morgan fingerprint density at radius 1 is 1.11 bits per heavy atom. The van der Waals surface area contributed by atoms with Crippen molar-refractivity contribution in [2.75, 3.05) is 10.0 Å². The number of nitrogens with one attached hydrogen (secondary N) is 3. The average Bonchev–Trinajstić information content (AvgIpc) is 2.99. The van der Waals surface area contributed by atoms with E-state index in [4.69, 9.17) is 23.2 Å². The molecule has 4 rings (SSSR count). The van der Waals surface area contributed by atoms with E-state index in [1.807, 2.05) is 13.8 Å². The van der Waals surface area contributed by atoms with Crippen molar-refractivity contribution in [2.45, 2.75) is 30.6 Å². The molecule has 6 nitrogen and oxygen atoms in total. The van der Waals surface area contributed by atoms with E-state index in [0.29, 0.717) is 32.3 Å². The van der Waals surface area contributed by atoms with Crippen LogP contribution in [0.3, 0.4) is 0 Å². The number of rotatable bonds is 3. The molecule has 9 heteroatoms. The van der Waals surface area contributed by atoms with E-state index in [1.165, 1.54) is 6.07 Å². The first-order valence-electron chi connectivity index (χ1n) is 8.51. The molecular formula is C19H17Cl2N3O3S. The van der Waals surface area contributed by atoms with Crippen LogP contribution < -0.4 is 10.0 Å². The van der Waals surface area contributed by atoms with Gasteiger partial charge in [-0.25, -0.2) is 8.42 Å². The van der Waals surface area contributed by atoms with Gasteiger partial charge >= 0.3 is 0 Å². The van der Waals surface area contributed by atoms with Gasteiger partial charge in [0, 0.05) is 29.1 Å². The summed E-state index contributed by atoms with van der Waals surface area (Å²) in [7, 11) is -3.87. The van der Waals surface area contributed by atoms with E-state index in [2.05, 4.69) is 15.0 Å². The first-order valence-corrected chi connectivity index (χ1v) is 10.7. The van der Waals surface area contributed by atoms with Crippen LogP contribution in [0, 0.1) is 0 Å². The summed E-state index contributed by atoms with van der Waals surface area (Å²) in [5, 5.41) is 4.18. The molecule has 1 amide bonds. The zero-order valence-electron chi connectivity index (χ0n) is 15.1. The number of hydrogen-bond acceptors (Lipinski definition) is 3. The van der Waals surface area contributed by atoms with Crippen LogP contribution in [0.4, 0.5) is 11.4 Å². The number of halogens is 2. The smallest absolute Gasteiger partial charge is 0.261 e. The molecule has 1 aliphatic heterocycles. The monoisotopic (exact) mass is 437 g/mol. The van der Waals surface area contributed by atoms with E-state index >= 15 is 0 Å². The Morgan fingerprint density at radius 2 is 1.86 bits per heavy atom. The van der Waals surface area contributed by atoms with Crippen LogP contribution in [-0.4, -0.2) is 19.3 Å². The highest BCUT2D eigenvalue weighted by Gasteiger charge is 2.33. The molecule has 3 N–H and O–H groups in total. The van der Waals surface area contributed by atoms with Gasteiger partial charge in [0.25, 0.3) is 10.0 Å². The van der Waals surface area contributed by atoms with Crippen molar-refractivity contribution in [3.63, 3.8) is 0 Å². The van der Waals surface area contributed by atoms with Gasteiger partial charge in [0.15, 0.2) is 0 Å².